The monoisotopic (exact) mass is 769 g/mol. The van der Waals surface area contributed by atoms with Crippen molar-refractivity contribution in [3.05, 3.63) is 105 Å². The van der Waals surface area contributed by atoms with Gasteiger partial charge in [0.2, 0.25) is 0 Å². The summed E-state index contributed by atoms with van der Waals surface area (Å²) in [5.41, 5.74) is 6.21. The predicted octanol–water partition coefficient (Wildman–Crippen LogP) is 5.07. The molecule has 2 aromatic heterocycles. The van der Waals surface area contributed by atoms with E-state index in [1.165, 1.54) is 32.1 Å². The van der Waals surface area contributed by atoms with E-state index >= 15 is 0 Å². The molecular formula is C35H36IN3O7S. The summed E-state index contributed by atoms with van der Waals surface area (Å²) in [7, 11) is 1.28. The first-order valence-corrected chi connectivity index (χ1v) is 17.0. The Balaban J connectivity index is 1.66. The molecule has 0 saturated carbocycles. The van der Waals surface area contributed by atoms with Crippen LogP contribution in [0.4, 0.5) is 0 Å². The van der Waals surface area contributed by atoms with E-state index in [9.17, 15) is 14.4 Å². The minimum absolute atomic E-state index is 0.160. The number of hydrogen-bond acceptors (Lipinski definition) is 9. The number of halogens is 1. The molecule has 246 valence electrons. The van der Waals surface area contributed by atoms with Crippen molar-refractivity contribution in [3.8, 4) is 17.2 Å². The molecule has 1 aliphatic heterocycles. The van der Waals surface area contributed by atoms with Crippen LogP contribution in [0.3, 0.4) is 0 Å². The van der Waals surface area contributed by atoms with E-state index in [2.05, 4.69) is 58.3 Å². The van der Waals surface area contributed by atoms with Gasteiger partial charge in [-0.3, -0.25) is 9.36 Å². The number of ether oxygens (including phenoxy) is 4. The number of aromatic nitrogens is 2. The van der Waals surface area contributed by atoms with Gasteiger partial charge in [0.25, 0.3) is 5.56 Å². The zero-order chi connectivity index (χ0) is 34.0. The van der Waals surface area contributed by atoms with E-state index in [1.807, 2.05) is 26.8 Å². The van der Waals surface area contributed by atoms with Crippen molar-refractivity contribution >= 4 is 51.9 Å². The number of carbonyl (C=O) groups is 2. The fraction of sp³-hybridized carbons (Fsp3) is 0.314. The maximum Gasteiger partial charge on any atom is 0.343 e. The first-order valence-electron chi connectivity index (χ1n) is 15.1. The summed E-state index contributed by atoms with van der Waals surface area (Å²) >= 11 is 3.59. The number of nitrogens with zero attached hydrogens (tertiary/aromatic N) is 3. The van der Waals surface area contributed by atoms with Crippen LogP contribution in [0.2, 0.25) is 0 Å². The molecule has 3 heterocycles. The number of carbonyl (C=O) groups excluding carboxylic acids is 2. The number of allylic oxidation sites excluding steroid dienone is 1. The number of fused-ring (bicyclic) bond motifs is 1. The lowest BCUT2D eigenvalue weighted by Crippen LogP contribution is -2.40. The fourth-order valence-electron chi connectivity index (χ4n) is 5.63. The third kappa shape index (κ3) is 6.79. The quantitative estimate of drug-likeness (QED) is 0.164. The van der Waals surface area contributed by atoms with Crippen LogP contribution in [0.25, 0.3) is 11.8 Å². The Kier molecular flexibility index (Phi) is 10.4. The Labute approximate surface area is 290 Å². The van der Waals surface area contributed by atoms with Gasteiger partial charge in [0.15, 0.2) is 22.9 Å². The smallest absolute Gasteiger partial charge is 0.343 e. The van der Waals surface area contributed by atoms with Crippen molar-refractivity contribution in [1.29, 1.82) is 0 Å². The molecule has 1 aliphatic rings. The molecule has 4 aromatic rings. The highest BCUT2D eigenvalue weighted by atomic mass is 127. The zero-order valence-corrected chi connectivity index (χ0v) is 30.3. The van der Waals surface area contributed by atoms with Gasteiger partial charge in [-0.15, -0.1) is 0 Å². The molecule has 0 N–H and O–H groups in total. The SMILES string of the molecule is CCOC(=O)C1=C(C)N=c2s/c(=C/c3cc(C)n(-c4ccc(I)c(C)c4)c3C)c(=O)n2[C@H]1c1ccc(OCC(=O)OC)c(OCC)c1. The van der Waals surface area contributed by atoms with Gasteiger partial charge in [-0.2, -0.15) is 0 Å². The Hall–Kier alpha value is -4.17. The van der Waals surface area contributed by atoms with Crippen molar-refractivity contribution in [2.45, 2.75) is 47.6 Å². The van der Waals surface area contributed by atoms with Crippen LogP contribution in [0.1, 0.15) is 54.9 Å². The van der Waals surface area contributed by atoms with E-state index in [0.29, 0.717) is 38.7 Å². The van der Waals surface area contributed by atoms with Gasteiger partial charge < -0.3 is 23.5 Å². The Morgan fingerprint density at radius 3 is 2.45 bits per heavy atom. The van der Waals surface area contributed by atoms with Crippen molar-refractivity contribution in [3.63, 3.8) is 0 Å². The second-order valence-electron chi connectivity index (χ2n) is 10.9. The molecule has 0 amide bonds. The van der Waals surface area contributed by atoms with Crippen LogP contribution in [0, 0.1) is 24.3 Å². The normalized spacial score (nSPS) is 14.5. The molecule has 2 aromatic carbocycles. The fourth-order valence-corrected chi connectivity index (χ4v) is 7.00. The molecule has 0 aliphatic carbocycles. The van der Waals surface area contributed by atoms with E-state index in [0.717, 1.165) is 22.6 Å². The molecule has 1 atom stereocenters. The highest BCUT2D eigenvalue weighted by molar-refractivity contribution is 14.1. The molecule has 0 bridgehead atoms. The van der Waals surface area contributed by atoms with Gasteiger partial charge >= 0.3 is 11.9 Å². The number of methoxy groups -OCH3 is 1. The molecule has 0 fully saturated rings. The molecule has 0 spiro atoms. The first kappa shape index (κ1) is 34.2. The summed E-state index contributed by atoms with van der Waals surface area (Å²) in [6.07, 6.45) is 1.89. The van der Waals surface area contributed by atoms with Crippen LogP contribution in [0.15, 0.2) is 63.5 Å². The molecule has 12 heteroatoms. The summed E-state index contributed by atoms with van der Waals surface area (Å²) in [5.74, 6) is -0.424. The van der Waals surface area contributed by atoms with Gasteiger partial charge in [-0.1, -0.05) is 17.4 Å². The molecule has 10 nitrogen and oxygen atoms in total. The lowest BCUT2D eigenvalue weighted by molar-refractivity contribution is -0.143. The summed E-state index contributed by atoms with van der Waals surface area (Å²) in [4.78, 5) is 44.6. The highest BCUT2D eigenvalue weighted by Crippen LogP contribution is 2.36. The first-order chi connectivity index (χ1) is 22.5. The second-order valence-corrected chi connectivity index (χ2v) is 13.1. The number of thiazole rings is 1. The van der Waals surface area contributed by atoms with Crippen LogP contribution in [0.5, 0.6) is 11.5 Å². The third-order valence-electron chi connectivity index (χ3n) is 7.83. The number of hydrogen-bond donors (Lipinski definition) is 0. The number of benzene rings is 2. The van der Waals surface area contributed by atoms with Gasteiger partial charge in [-0.25, -0.2) is 14.6 Å². The molecule has 0 saturated heterocycles. The lowest BCUT2D eigenvalue weighted by atomic mass is 9.95. The number of aryl methyl sites for hydroxylation is 2. The van der Waals surface area contributed by atoms with Crippen molar-refractivity contribution in [2.75, 3.05) is 26.9 Å². The lowest BCUT2D eigenvalue weighted by Gasteiger charge is -2.25. The zero-order valence-electron chi connectivity index (χ0n) is 27.3. The van der Waals surface area contributed by atoms with Crippen molar-refractivity contribution in [1.82, 2.24) is 9.13 Å². The van der Waals surface area contributed by atoms with Gasteiger partial charge in [-0.05, 0) is 123 Å². The number of esters is 2. The Morgan fingerprint density at radius 1 is 1.00 bits per heavy atom. The topological polar surface area (TPSA) is 110 Å². The molecule has 0 radical (unpaired) electrons. The summed E-state index contributed by atoms with van der Waals surface area (Å²) in [6, 6.07) is 12.7. The summed E-state index contributed by atoms with van der Waals surface area (Å²) in [5, 5.41) is 0. The summed E-state index contributed by atoms with van der Waals surface area (Å²) in [6.45, 7) is 11.6. The van der Waals surface area contributed by atoms with E-state index in [4.69, 9.17) is 23.9 Å². The Bertz CT molecular complexity index is 2090. The average molecular weight is 770 g/mol. The third-order valence-corrected chi connectivity index (χ3v) is 10.0. The minimum atomic E-state index is -0.844. The van der Waals surface area contributed by atoms with Gasteiger partial charge in [0.05, 0.1) is 42.2 Å². The van der Waals surface area contributed by atoms with Crippen LogP contribution in [-0.2, 0) is 19.1 Å². The largest absolute Gasteiger partial charge is 0.490 e. The van der Waals surface area contributed by atoms with E-state index in [1.54, 1.807) is 32.0 Å². The van der Waals surface area contributed by atoms with Gasteiger partial charge in [0, 0.05) is 20.6 Å². The molecule has 5 rings (SSSR count). The van der Waals surface area contributed by atoms with Gasteiger partial charge in [0.1, 0.15) is 0 Å². The average Bonchev–Trinajstić information content (AvgIpc) is 3.50. The Morgan fingerprint density at radius 2 is 1.77 bits per heavy atom. The molecular weight excluding hydrogens is 733 g/mol. The van der Waals surface area contributed by atoms with E-state index < -0.39 is 18.0 Å². The van der Waals surface area contributed by atoms with Crippen molar-refractivity contribution in [2.24, 2.45) is 4.99 Å². The maximum absolute atomic E-state index is 14.3. The van der Waals surface area contributed by atoms with Crippen LogP contribution in [-0.4, -0.2) is 48.0 Å². The standard InChI is InChI=1S/C35H36IN3O7S/c1-8-44-28-16-23(10-13-27(28)46-18-30(40)43-7)32-31(34(42)45-9-2)21(5)37-35-39(32)33(41)29(47-35)17-24-15-20(4)38(22(24)6)25-11-12-26(36)19(3)14-25/h10-17,32H,8-9,18H2,1-7H3/b29-17+/t32-/m0/s1. The highest BCUT2D eigenvalue weighted by Gasteiger charge is 2.34. The molecule has 47 heavy (non-hydrogen) atoms. The predicted molar refractivity (Wildman–Crippen MR) is 188 cm³/mol. The summed E-state index contributed by atoms with van der Waals surface area (Å²) < 4.78 is 27.0. The second kappa shape index (κ2) is 14.3. The van der Waals surface area contributed by atoms with Crippen LogP contribution >= 0.6 is 33.9 Å². The molecule has 0 unspecified atom stereocenters. The van der Waals surface area contributed by atoms with Crippen molar-refractivity contribution < 1.29 is 28.5 Å². The number of rotatable bonds is 10. The van der Waals surface area contributed by atoms with Crippen LogP contribution < -0.4 is 24.4 Å². The minimum Gasteiger partial charge on any atom is -0.490 e. The maximum atomic E-state index is 14.3. The van der Waals surface area contributed by atoms with E-state index in [-0.39, 0.29) is 24.3 Å².